The van der Waals surface area contributed by atoms with Gasteiger partial charge in [0.1, 0.15) is 12.4 Å². The number of hydrogen-bond donors (Lipinski definition) is 1. The summed E-state index contributed by atoms with van der Waals surface area (Å²) in [6, 6.07) is 7.19. The molecule has 116 valence electrons. The molecule has 0 spiro atoms. The minimum atomic E-state index is -0.673. The predicted octanol–water partition coefficient (Wildman–Crippen LogP) is 2.84. The highest BCUT2D eigenvalue weighted by Crippen LogP contribution is 2.27. The molecule has 1 aromatic rings. The van der Waals surface area contributed by atoms with E-state index in [2.05, 4.69) is 0 Å². The standard InChI is InChI=1S/C16H23ClN2O2/c1-19(15(20)16(18)9-3-2-4-10-16)11-12-21-14-7-5-13(17)6-8-14/h5-8H,2-4,9-12,18H2,1H3. The van der Waals surface area contributed by atoms with Gasteiger partial charge in [0.15, 0.2) is 0 Å². The van der Waals surface area contributed by atoms with E-state index in [4.69, 9.17) is 22.1 Å². The quantitative estimate of drug-likeness (QED) is 0.910. The van der Waals surface area contributed by atoms with Crippen molar-refractivity contribution < 1.29 is 9.53 Å². The van der Waals surface area contributed by atoms with E-state index in [0.717, 1.165) is 31.4 Å². The van der Waals surface area contributed by atoms with Crippen LogP contribution in [-0.2, 0) is 4.79 Å². The Balaban J connectivity index is 1.79. The van der Waals surface area contributed by atoms with Gasteiger partial charge in [0.25, 0.3) is 0 Å². The second-order valence-corrected chi connectivity index (χ2v) is 6.18. The molecule has 1 amide bonds. The van der Waals surface area contributed by atoms with Crippen LogP contribution in [0.5, 0.6) is 5.75 Å². The molecular weight excluding hydrogens is 288 g/mol. The highest BCUT2D eigenvalue weighted by molar-refractivity contribution is 6.30. The van der Waals surface area contributed by atoms with Crippen molar-refractivity contribution in [2.75, 3.05) is 20.2 Å². The van der Waals surface area contributed by atoms with Crippen LogP contribution in [0.25, 0.3) is 0 Å². The van der Waals surface area contributed by atoms with Crippen LogP contribution in [0.2, 0.25) is 5.02 Å². The van der Waals surface area contributed by atoms with Gasteiger partial charge in [0.2, 0.25) is 5.91 Å². The lowest BCUT2D eigenvalue weighted by molar-refractivity contribution is -0.137. The molecule has 1 saturated carbocycles. The zero-order chi connectivity index (χ0) is 15.3. The molecule has 1 aromatic carbocycles. The lowest BCUT2D eigenvalue weighted by Gasteiger charge is -2.35. The first-order valence-electron chi connectivity index (χ1n) is 7.44. The number of hydrogen-bond acceptors (Lipinski definition) is 3. The van der Waals surface area contributed by atoms with E-state index in [1.807, 2.05) is 12.1 Å². The van der Waals surface area contributed by atoms with Crippen LogP contribution in [0.3, 0.4) is 0 Å². The van der Waals surface area contributed by atoms with E-state index < -0.39 is 5.54 Å². The molecular formula is C16H23ClN2O2. The van der Waals surface area contributed by atoms with Crippen LogP contribution in [-0.4, -0.2) is 36.5 Å². The minimum absolute atomic E-state index is 0.0295. The molecule has 1 aliphatic carbocycles. The van der Waals surface area contributed by atoms with Gasteiger partial charge in [0.05, 0.1) is 12.1 Å². The monoisotopic (exact) mass is 310 g/mol. The van der Waals surface area contributed by atoms with Gasteiger partial charge in [-0.3, -0.25) is 4.79 Å². The van der Waals surface area contributed by atoms with Crippen molar-refractivity contribution in [3.63, 3.8) is 0 Å². The Morgan fingerprint density at radius 2 is 1.90 bits per heavy atom. The van der Waals surface area contributed by atoms with Crippen molar-refractivity contribution in [2.45, 2.75) is 37.6 Å². The lowest BCUT2D eigenvalue weighted by Crippen LogP contribution is -2.55. The van der Waals surface area contributed by atoms with Crippen LogP contribution >= 0.6 is 11.6 Å². The number of carbonyl (C=O) groups excluding carboxylic acids is 1. The zero-order valence-corrected chi connectivity index (χ0v) is 13.2. The Kier molecular flexibility index (Phi) is 5.48. The number of nitrogens with two attached hydrogens (primary N) is 1. The Bertz CT molecular complexity index is 470. The molecule has 2 rings (SSSR count). The van der Waals surface area contributed by atoms with Crippen LogP contribution < -0.4 is 10.5 Å². The highest BCUT2D eigenvalue weighted by Gasteiger charge is 2.37. The van der Waals surface area contributed by atoms with Crippen molar-refractivity contribution in [2.24, 2.45) is 5.73 Å². The summed E-state index contributed by atoms with van der Waals surface area (Å²) in [6.45, 7) is 0.973. The van der Waals surface area contributed by atoms with Crippen LogP contribution in [0, 0.1) is 0 Å². The zero-order valence-electron chi connectivity index (χ0n) is 12.5. The molecule has 0 heterocycles. The molecule has 0 radical (unpaired) electrons. The second kappa shape index (κ2) is 7.14. The van der Waals surface area contributed by atoms with Gasteiger partial charge in [0, 0.05) is 12.1 Å². The third-order valence-corrected chi connectivity index (χ3v) is 4.28. The molecule has 0 unspecified atom stereocenters. The average molecular weight is 311 g/mol. The fourth-order valence-corrected chi connectivity index (χ4v) is 2.84. The fraction of sp³-hybridized carbons (Fsp3) is 0.562. The van der Waals surface area contributed by atoms with Crippen molar-refractivity contribution in [1.29, 1.82) is 0 Å². The summed E-state index contributed by atoms with van der Waals surface area (Å²) in [5, 5.41) is 0.678. The molecule has 0 aromatic heterocycles. The minimum Gasteiger partial charge on any atom is -0.492 e. The van der Waals surface area contributed by atoms with Gasteiger partial charge in [-0.15, -0.1) is 0 Å². The normalized spacial score (nSPS) is 17.3. The van der Waals surface area contributed by atoms with E-state index in [-0.39, 0.29) is 5.91 Å². The van der Waals surface area contributed by atoms with E-state index in [9.17, 15) is 4.79 Å². The van der Waals surface area contributed by atoms with E-state index in [1.165, 1.54) is 6.42 Å². The maximum atomic E-state index is 12.4. The summed E-state index contributed by atoms with van der Waals surface area (Å²) >= 11 is 5.82. The Hall–Kier alpha value is -1.26. The van der Waals surface area contributed by atoms with Gasteiger partial charge in [-0.05, 0) is 37.1 Å². The lowest BCUT2D eigenvalue weighted by atomic mass is 9.81. The van der Waals surface area contributed by atoms with Crippen molar-refractivity contribution in [3.8, 4) is 5.75 Å². The molecule has 0 bridgehead atoms. The Morgan fingerprint density at radius 1 is 1.29 bits per heavy atom. The summed E-state index contributed by atoms with van der Waals surface area (Å²) in [4.78, 5) is 14.1. The van der Waals surface area contributed by atoms with E-state index >= 15 is 0 Å². The smallest absolute Gasteiger partial charge is 0.242 e. The van der Waals surface area contributed by atoms with Gasteiger partial charge in [-0.25, -0.2) is 0 Å². The first-order valence-corrected chi connectivity index (χ1v) is 7.82. The summed E-state index contributed by atoms with van der Waals surface area (Å²) in [6.07, 6.45) is 4.83. The molecule has 2 N–H and O–H groups in total. The van der Waals surface area contributed by atoms with Crippen LogP contribution in [0.1, 0.15) is 32.1 Å². The maximum Gasteiger partial charge on any atom is 0.242 e. The SMILES string of the molecule is CN(CCOc1ccc(Cl)cc1)C(=O)C1(N)CCCCC1. The maximum absolute atomic E-state index is 12.4. The fourth-order valence-electron chi connectivity index (χ4n) is 2.71. The number of rotatable bonds is 5. The second-order valence-electron chi connectivity index (χ2n) is 5.75. The van der Waals surface area contributed by atoms with E-state index in [0.29, 0.717) is 18.2 Å². The summed E-state index contributed by atoms with van der Waals surface area (Å²) in [5.74, 6) is 0.780. The number of halogens is 1. The summed E-state index contributed by atoms with van der Waals surface area (Å²) < 4.78 is 5.61. The third-order valence-electron chi connectivity index (χ3n) is 4.03. The topological polar surface area (TPSA) is 55.6 Å². The Morgan fingerprint density at radius 3 is 2.52 bits per heavy atom. The number of nitrogens with zero attached hydrogens (tertiary/aromatic N) is 1. The van der Waals surface area contributed by atoms with Gasteiger partial charge in [-0.1, -0.05) is 30.9 Å². The van der Waals surface area contributed by atoms with Crippen LogP contribution in [0.4, 0.5) is 0 Å². The van der Waals surface area contributed by atoms with Gasteiger partial charge < -0.3 is 15.4 Å². The molecule has 4 nitrogen and oxygen atoms in total. The predicted molar refractivity (Wildman–Crippen MR) is 84.6 cm³/mol. The number of amides is 1. The summed E-state index contributed by atoms with van der Waals surface area (Å²) in [5.41, 5.74) is 5.58. The average Bonchev–Trinajstić information content (AvgIpc) is 2.49. The van der Waals surface area contributed by atoms with Crippen molar-refractivity contribution in [1.82, 2.24) is 4.90 Å². The summed E-state index contributed by atoms with van der Waals surface area (Å²) in [7, 11) is 1.79. The number of carbonyl (C=O) groups is 1. The third kappa shape index (κ3) is 4.35. The van der Waals surface area contributed by atoms with Crippen LogP contribution in [0.15, 0.2) is 24.3 Å². The first kappa shape index (κ1) is 16.1. The van der Waals surface area contributed by atoms with Gasteiger partial charge >= 0.3 is 0 Å². The molecule has 21 heavy (non-hydrogen) atoms. The van der Waals surface area contributed by atoms with E-state index in [1.54, 1.807) is 24.1 Å². The molecule has 0 aliphatic heterocycles. The molecule has 1 aliphatic rings. The highest BCUT2D eigenvalue weighted by atomic mass is 35.5. The molecule has 0 atom stereocenters. The number of likely N-dealkylation sites (N-methyl/N-ethyl adjacent to an activating group) is 1. The first-order chi connectivity index (χ1) is 10.0. The molecule has 5 heteroatoms. The number of benzene rings is 1. The molecule has 0 saturated heterocycles. The molecule has 1 fully saturated rings. The number of ether oxygens (including phenoxy) is 1. The van der Waals surface area contributed by atoms with Crippen molar-refractivity contribution in [3.05, 3.63) is 29.3 Å². The Labute approximate surface area is 131 Å². The van der Waals surface area contributed by atoms with Gasteiger partial charge in [-0.2, -0.15) is 0 Å². The van der Waals surface area contributed by atoms with Crippen molar-refractivity contribution >= 4 is 17.5 Å². The largest absolute Gasteiger partial charge is 0.492 e.